The minimum absolute atomic E-state index is 0.160. The Hall–Kier alpha value is -0.130. The van der Waals surface area contributed by atoms with Gasteiger partial charge in [-0.3, -0.25) is 0 Å². The smallest absolute Gasteiger partial charge is 0.147 e. The third-order valence-electron chi connectivity index (χ3n) is 2.10. The fraction of sp³-hybridized carbons (Fsp3) is 1.00. The van der Waals surface area contributed by atoms with E-state index >= 15 is 0 Å². The number of ether oxygens (including phenoxy) is 1. The highest BCUT2D eigenvalue weighted by atomic mass is 32.2. The predicted molar refractivity (Wildman–Crippen MR) is 46.7 cm³/mol. The number of sulfone groups is 1. The largest absolute Gasteiger partial charge is 0.379 e. The highest BCUT2D eigenvalue weighted by Crippen LogP contribution is 2.19. The molecule has 12 heavy (non-hydrogen) atoms. The first kappa shape index (κ1) is 9.95. The predicted octanol–water partition coefficient (Wildman–Crippen LogP) is -0.461. The van der Waals surface area contributed by atoms with Crippen LogP contribution in [0.25, 0.3) is 0 Å². The zero-order valence-electron chi connectivity index (χ0n) is 7.25. The molecule has 0 aromatic heterocycles. The Bertz CT molecular complexity index is 241. The molecule has 0 radical (unpaired) electrons. The average Bonchev–Trinajstić information content (AvgIpc) is 2.32. The highest BCUT2D eigenvalue weighted by Gasteiger charge is 2.30. The molecule has 0 aromatic rings. The van der Waals surface area contributed by atoms with Crippen LogP contribution in [0.4, 0.5) is 0 Å². The summed E-state index contributed by atoms with van der Waals surface area (Å²) < 4.78 is 26.8. The van der Waals surface area contributed by atoms with E-state index in [0.717, 1.165) is 6.42 Å². The summed E-state index contributed by atoms with van der Waals surface area (Å²) in [5, 5.41) is 0. The van der Waals surface area contributed by atoms with Crippen molar-refractivity contribution in [3.8, 4) is 0 Å². The molecule has 0 bridgehead atoms. The van der Waals surface area contributed by atoms with Crippen LogP contribution >= 0.6 is 0 Å². The first-order valence-electron chi connectivity index (χ1n) is 3.96. The highest BCUT2D eigenvalue weighted by molar-refractivity contribution is 7.90. The molecular formula is C7H15NO3S. The summed E-state index contributed by atoms with van der Waals surface area (Å²) >= 11 is 0. The zero-order valence-corrected chi connectivity index (χ0v) is 8.06. The summed E-state index contributed by atoms with van der Waals surface area (Å²) in [6.45, 7) is 1.14. The van der Waals surface area contributed by atoms with Crippen molar-refractivity contribution >= 4 is 9.84 Å². The Balaban J connectivity index is 2.41. The quantitative estimate of drug-likeness (QED) is 0.658. The fourth-order valence-electron chi connectivity index (χ4n) is 1.21. The molecule has 1 aliphatic rings. The molecule has 1 unspecified atom stereocenters. The first-order valence-corrected chi connectivity index (χ1v) is 6.02. The molecule has 0 amide bonds. The Morgan fingerprint density at radius 3 is 2.67 bits per heavy atom. The number of hydrogen-bond donors (Lipinski definition) is 1. The minimum atomic E-state index is -2.89. The van der Waals surface area contributed by atoms with E-state index in [2.05, 4.69) is 0 Å². The van der Waals surface area contributed by atoms with Crippen LogP contribution in [0.5, 0.6) is 0 Å². The van der Waals surface area contributed by atoms with E-state index in [0.29, 0.717) is 19.6 Å². The molecule has 0 aliphatic carbocycles. The van der Waals surface area contributed by atoms with Gasteiger partial charge in [0.15, 0.2) is 0 Å². The molecule has 1 aliphatic heterocycles. The lowest BCUT2D eigenvalue weighted by Gasteiger charge is -2.20. The van der Waals surface area contributed by atoms with Crippen molar-refractivity contribution in [1.29, 1.82) is 0 Å². The summed E-state index contributed by atoms with van der Waals surface area (Å²) in [5.74, 6) is 0.160. The Kier molecular flexibility index (Phi) is 2.75. The normalized spacial score (nSPS) is 30.8. The van der Waals surface area contributed by atoms with Gasteiger partial charge in [0.25, 0.3) is 0 Å². The number of hydrogen-bond acceptors (Lipinski definition) is 4. The van der Waals surface area contributed by atoms with E-state index in [1.807, 2.05) is 0 Å². The average molecular weight is 193 g/mol. The zero-order chi connectivity index (χ0) is 9.24. The van der Waals surface area contributed by atoms with Crippen LogP contribution in [-0.4, -0.2) is 39.2 Å². The maximum Gasteiger partial charge on any atom is 0.147 e. The van der Waals surface area contributed by atoms with Gasteiger partial charge in [0, 0.05) is 18.4 Å². The van der Waals surface area contributed by atoms with E-state index < -0.39 is 15.4 Å². The molecule has 72 valence electrons. The van der Waals surface area contributed by atoms with Crippen LogP contribution in [-0.2, 0) is 14.6 Å². The molecule has 1 saturated heterocycles. The molecule has 1 rings (SSSR count). The van der Waals surface area contributed by atoms with Crippen molar-refractivity contribution in [2.24, 2.45) is 5.73 Å². The van der Waals surface area contributed by atoms with Crippen LogP contribution in [0.15, 0.2) is 0 Å². The van der Waals surface area contributed by atoms with Crippen LogP contribution < -0.4 is 5.73 Å². The van der Waals surface area contributed by atoms with Gasteiger partial charge >= 0.3 is 0 Å². The van der Waals surface area contributed by atoms with Gasteiger partial charge in [-0.15, -0.1) is 0 Å². The van der Waals surface area contributed by atoms with Crippen molar-refractivity contribution in [2.75, 3.05) is 25.2 Å². The summed E-state index contributed by atoms with van der Waals surface area (Å²) in [5.41, 5.74) is 5.48. The van der Waals surface area contributed by atoms with Gasteiger partial charge in [-0.25, -0.2) is 8.42 Å². The standard InChI is InChI=1S/C7H15NO3S/c1-12(9,10)5-3-7(8)2-4-11-6-7/h2-6,8H2,1H3. The van der Waals surface area contributed by atoms with E-state index in [1.165, 1.54) is 6.26 Å². The van der Waals surface area contributed by atoms with E-state index in [-0.39, 0.29) is 5.75 Å². The van der Waals surface area contributed by atoms with Crippen molar-refractivity contribution in [2.45, 2.75) is 18.4 Å². The summed E-state index contributed by atoms with van der Waals surface area (Å²) in [6, 6.07) is 0. The summed E-state index contributed by atoms with van der Waals surface area (Å²) in [7, 11) is -2.89. The third kappa shape index (κ3) is 3.08. The monoisotopic (exact) mass is 193 g/mol. The number of nitrogens with two attached hydrogens (primary N) is 1. The lowest BCUT2D eigenvalue weighted by Crippen LogP contribution is -2.41. The van der Waals surface area contributed by atoms with Crippen molar-refractivity contribution in [3.63, 3.8) is 0 Å². The first-order chi connectivity index (χ1) is 5.41. The van der Waals surface area contributed by atoms with Gasteiger partial charge in [0.05, 0.1) is 12.4 Å². The Morgan fingerprint density at radius 1 is 1.58 bits per heavy atom. The molecule has 0 aromatic carbocycles. The maximum atomic E-state index is 10.8. The second-order valence-corrected chi connectivity index (χ2v) is 5.80. The van der Waals surface area contributed by atoms with Gasteiger partial charge in [0.1, 0.15) is 9.84 Å². The molecule has 0 saturated carbocycles. The third-order valence-corrected chi connectivity index (χ3v) is 3.05. The second kappa shape index (κ2) is 3.32. The SMILES string of the molecule is CS(=O)(=O)CCC1(N)CCOC1. The van der Waals surface area contributed by atoms with Crippen molar-refractivity contribution in [3.05, 3.63) is 0 Å². The summed E-state index contributed by atoms with van der Waals surface area (Å²) in [4.78, 5) is 0. The maximum absolute atomic E-state index is 10.8. The van der Waals surface area contributed by atoms with Crippen LogP contribution in [0, 0.1) is 0 Å². The molecule has 1 atom stereocenters. The van der Waals surface area contributed by atoms with Gasteiger partial charge in [-0.1, -0.05) is 0 Å². The van der Waals surface area contributed by atoms with Gasteiger partial charge in [-0.05, 0) is 12.8 Å². The van der Waals surface area contributed by atoms with Crippen LogP contribution in [0.1, 0.15) is 12.8 Å². The van der Waals surface area contributed by atoms with E-state index in [1.54, 1.807) is 0 Å². The molecule has 5 heteroatoms. The molecule has 0 spiro atoms. The Morgan fingerprint density at radius 2 is 2.25 bits per heavy atom. The van der Waals surface area contributed by atoms with Gasteiger partial charge < -0.3 is 10.5 Å². The molecule has 2 N–H and O–H groups in total. The molecular weight excluding hydrogens is 178 g/mol. The fourth-order valence-corrected chi connectivity index (χ4v) is 1.99. The lowest BCUT2D eigenvalue weighted by atomic mass is 9.97. The molecule has 1 heterocycles. The van der Waals surface area contributed by atoms with E-state index in [9.17, 15) is 8.42 Å². The van der Waals surface area contributed by atoms with Gasteiger partial charge in [-0.2, -0.15) is 0 Å². The number of rotatable bonds is 3. The second-order valence-electron chi connectivity index (χ2n) is 3.54. The molecule has 1 fully saturated rings. The topological polar surface area (TPSA) is 69.4 Å². The molecule has 4 nitrogen and oxygen atoms in total. The van der Waals surface area contributed by atoms with Crippen LogP contribution in [0.2, 0.25) is 0 Å². The van der Waals surface area contributed by atoms with Crippen molar-refractivity contribution in [1.82, 2.24) is 0 Å². The minimum Gasteiger partial charge on any atom is -0.379 e. The lowest BCUT2D eigenvalue weighted by molar-refractivity contribution is 0.177. The van der Waals surface area contributed by atoms with E-state index in [4.69, 9.17) is 10.5 Å². The van der Waals surface area contributed by atoms with Crippen molar-refractivity contribution < 1.29 is 13.2 Å². The van der Waals surface area contributed by atoms with Gasteiger partial charge in [0.2, 0.25) is 0 Å². The summed E-state index contributed by atoms with van der Waals surface area (Å²) in [6.07, 6.45) is 2.50. The Labute approximate surface area is 73.0 Å². The van der Waals surface area contributed by atoms with Crippen LogP contribution in [0.3, 0.4) is 0 Å².